The summed E-state index contributed by atoms with van der Waals surface area (Å²) >= 11 is 0. The van der Waals surface area contributed by atoms with Crippen LogP contribution in [-0.2, 0) is 4.79 Å². The van der Waals surface area contributed by atoms with Crippen LogP contribution in [-0.4, -0.2) is 81.1 Å². The first kappa shape index (κ1) is 19.4. The summed E-state index contributed by atoms with van der Waals surface area (Å²) < 4.78 is 5.61. The Morgan fingerprint density at radius 2 is 2.00 bits per heavy atom. The van der Waals surface area contributed by atoms with Crippen LogP contribution in [0.25, 0.3) is 0 Å². The molecule has 146 valence electrons. The Morgan fingerprint density at radius 1 is 1.33 bits per heavy atom. The normalized spacial score (nSPS) is 22.7. The number of aromatic hydroxyl groups is 1. The Hall–Kier alpha value is -2.34. The van der Waals surface area contributed by atoms with Gasteiger partial charge in [-0.25, -0.2) is 4.79 Å². The second-order valence-corrected chi connectivity index (χ2v) is 6.87. The SMILES string of the molecule is N[C@@H](CO)C(=O)N1CC(Oc2ccc([C@@H]3C[C@@H]3B(O)O)c(O)c2C(=O)O)C1. The fourth-order valence-corrected chi connectivity index (χ4v) is 3.28. The molecule has 27 heavy (non-hydrogen) atoms. The number of rotatable bonds is 7. The van der Waals surface area contributed by atoms with Crippen molar-refractivity contribution in [2.24, 2.45) is 5.73 Å². The van der Waals surface area contributed by atoms with Crippen LogP contribution in [0.4, 0.5) is 0 Å². The fourth-order valence-electron chi connectivity index (χ4n) is 3.28. The number of hydrogen-bond donors (Lipinski definition) is 6. The molecule has 0 spiro atoms. The second-order valence-electron chi connectivity index (χ2n) is 6.87. The zero-order valence-corrected chi connectivity index (χ0v) is 14.4. The monoisotopic (exact) mass is 380 g/mol. The number of hydrogen-bond acceptors (Lipinski definition) is 8. The minimum Gasteiger partial charge on any atom is -0.507 e. The van der Waals surface area contributed by atoms with Crippen molar-refractivity contribution in [3.05, 3.63) is 23.3 Å². The van der Waals surface area contributed by atoms with Crippen LogP contribution in [0.15, 0.2) is 12.1 Å². The van der Waals surface area contributed by atoms with Gasteiger partial charge in [0.25, 0.3) is 0 Å². The Bertz CT molecular complexity index is 752. The van der Waals surface area contributed by atoms with E-state index in [-0.39, 0.29) is 24.8 Å². The van der Waals surface area contributed by atoms with Crippen LogP contribution in [0, 0.1) is 0 Å². The molecule has 1 saturated heterocycles. The number of benzene rings is 1. The van der Waals surface area contributed by atoms with E-state index in [2.05, 4.69) is 0 Å². The Kier molecular flexibility index (Phi) is 5.29. The van der Waals surface area contributed by atoms with Crippen LogP contribution in [0.2, 0.25) is 5.82 Å². The van der Waals surface area contributed by atoms with Gasteiger partial charge in [0.15, 0.2) is 0 Å². The van der Waals surface area contributed by atoms with E-state index in [0.717, 1.165) is 0 Å². The van der Waals surface area contributed by atoms with Crippen LogP contribution in [0.1, 0.15) is 28.3 Å². The molecule has 2 aliphatic rings. The molecule has 0 bridgehead atoms. The minimum atomic E-state index is -1.53. The number of carboxylic acids is 1. The van der Waals surface area contributed by atoms with E-state index in [1.807, 2.05) is 0 Å². The molecule has 3 rings (SSSR count). The summed E-state index contributed by atoms with van der Waals surface area (Å²) in [4.78, 5) is 24.8. The van der Waals surface area contributed by atoms with Gasteiger partial charge in [-0.05, 0) is 24.0 Å². The topological polar surface area (TPSA) is 174 Å². The summed E-state index contributed by atoms with van der Waals surface area (Å²) in [5.41, 5.74) is 5.39. The first-order chi connectivity index (χ1) is 12.7. The summed E-state index contributed by atoms with van der Waals surface area (Å²) in [6.07, 6.45) is -0.0221. The largest absolute Gasteiger partial charge is 0.507 e. The van der Waals surface area contributed by atoms with E-state index in [0.29, 0.717) is 12.0 Å². The number of aliphatic hydroxyl groups is 1. The highest BCUT2D eigenvalue weighted by Gasteiger charge is 2.48. The minimum absolute atomic E-state index is 0.0333. The second kappa shape index (κ2) is 7.35. The summed E-state index contributed by atoms with van der Waals surface area (Å²) in [7, 11) is -1.53. The first-order valence-corrected chi connectivity index (χ1v) is 8.51. The number of carboxylic acid groups (broad SMARTS) is 1. The Morgan fingerprint density at radius 3 is 2.52 bits per heavy atom. The molecule has 1 amide bonds. The number of nitrogens with two attached hydrogens (primary N) is 1. The van der Waals surface area contributed by atoms with Gasteiger partial charge >= 0.3 is 13.1 Å². The third-order valence-electron chi connectivity index (χ3n) is 4.97. The number of likely N-dealkylation sites (tertiary alicyclic amines) is 1. The molecular weight excluding hydrogens is 359 g/mol. The van der Waals surface area contributed by atoms with Gasteiger partial charge in [-0.1, -0.05) is 6.07 Å². The van der Waals surface area contributed by atoms with Crippen LogP contribution >= 0.6 is 0 Å². The van der Waals surface area contributed by atoms with E-state index in [1.165, 1.54) is 17.0 Å². The first-order valence-electron chi connectivity index (χ1n) is 8.51. The van der Waals surface area contributed by atoms with E-state index in [4.69, 9.17) is 15.6 Å². The highest BCUT2D eigenvalue weighted by Crippen LogP contribution is 2.56. The number of ether oxygens (including phenoxy) is 1. The number of aromatic carboxylic acids is 1. The van der Waals surface area contributed by atoms with E-state index in [1.54, 1.807) is 0 Å². The maximum absolute atomic E-state index is 11.8. The number of nitrogens with zero attached hydrogens (tertiary/aromatic N) is 1. The average Bonchev–Trinajstić information content (AvgIpc) is 3.36. The molecule has 2 fully saturated rings. The molecule has 0 aromatic heterocycles. The Balaban J connectivity index is 1.71. The predicted octanol–water partition coefficient (Wildman–Crippen LogP) is -1.67. The van der Waals surface area contributed by atoms with Gasteiger partial charge in [-0.2, -0.15) is 0 Å². The van der Waals surface area contributed by atoms with Crippen molar-refractivity contribution >= 4 is 19.0 Å². The number of phenols is 1. The van der Waals surface area contributed by atoms with E-state index < -0.39 is 54.9 Å². The van der Waals surface area contributed by atoms with Crippen molar-refractivity contribution in [3.63, 3.8) is 0 Å². The number of carbonyl (C=O) groups excluding carboxylic acids is 1. The average molecular weight is 380 g/mol. The quantitative estimate of drug-likeness (QED) is 0.302. The van der Waals surface area contributed by atoms with Crippen molar-refractivity contribution in [3.8, 4) is 11.5 Å². The molecule has 10 nitrogen and oxygen atoms in total. The maximum Gasteiger partial charge on any atom is 0.455 e. The van der Waals surface area contributed by atoms with Gasteiger partial charge in [-0.3, -0.25) is 4.79 Å². The van der Waals surface area contributed by atoms with Crippen molar-refractivity contribution in [1.29, 1.82) is 0 Å². The molecule has 1 aliphatic heterocycles. The summed E-state index contributed by atoms with van der Waals surface area (Å²) in [6.45, 7) is -0.0882. The molecule has 7 N–H and O–H groups in total. The third kappa shape index (κ3) is 3.72. The maximum atomic E-state index is 11.8. The highest BCUT2D eigenvalue weighted by molar-refractivity contribution is 6.44. The zero-order valence-electron chi connectivity index (χ0n) is 14.4. The van der Waals surface area contributed by atoms with E-state index >= 15 is 0 Å². The molecule has 1 aromatic rings. The van der Waals surface area contributed by atoms with Gasteiger partial charge in [-0.15, -0.1) is 0 Å². The number of aliphatic hydroxyl groups excluding tert-OH is 1. The summed E-state index contributed by atoms with van der Waals surface area (Å²) in [6, 6.07) is 1.92. The van der Waals surface area contributed by atoms with Crippen molar-refractivity contribution < 1.29 is 39.7 Å². The van der Waals surface area contributed by atoms with Gasteiger partial charge in [0.05, 0.1) is 19.7 Å². The Labute approximate surface area is 154 Å². The van der Waals surface area contributed by atoms with Gasteiger partial charge in [0, 0.05) is 5.82 Å². The lowest BCUT2D eigenvalue weighted by molar-refractivity contribution is -0.142. The zero-order chi connectivity index (χ0) is 19.9. The molecule has 1 aromatic carbocycles. The van der Waals surface area contributed by atoms with Gasteiger partial charge in [0.1, 0.15) is 29.2 Å². The molecule has 1 heterocycles. The molecule has 0 radical (unpaired) electrons. The summed E-state index contributed by atoms with van der Waals surface area (Å²) in [5, 5.41) is 47.1. The van der Waals surface area contributed by atoms with Crippen molar-refractivity contribution in [1.82, 2.24) is 4.90 Å². The van der Waals surface area contributed by atoms with Crippen LogP contribution in [0.5, 0.6) is 11.5 Å². The van der Waals surface area contributed by atoms with Crippen LogP contribution < -0.4 is 10.5 Å². The molecule has 0 unspecified atom stereocenters. The predicted molar refractivity (Wildman–Crippen MR) is 92.4 cm³/mol. The lowest BCUT2D eigenvalue weighted by Crippen LogP contribution is -2.60. The van der Waals surface area contributed by atoms with Crippen molar-refractivity contribution in [2.45, 2.75) is 30.3 Å². The third-order valence-corrected chi connectivity index (χ3v) is 4.97. The number of carbonyl (C=O) groups is 2. The fraction of sp³-hybridized carbons (Fsp3) is 0.500. The smallest absolute Gasteiger partial charge is 0.455 e. The molecule has 3 atom stereocenters. The lowest BCUT2D eigenvalue weighted by Gasteiger charge is -2.40. The standard InChI is InChI=1S/C16H21BN2O8/c18-11(6-20)15(22)19-4-7(5-19)27-12-2-1-8(9-3-10(9)17(25)26)14(21)13(12)16(23)24/h1-2,7,9-11,20-21,25-26H,3-6,18H2,(H,23,24)/t9-,10-,11-/m0/s1. The van der Waals surface area contributed by atoms with Gasteiger partial charge < -0.3 is 40.7 Å². The lowest BCUT2D eigenvalue weighted by atomic mass is 9.81. The van der Waals surface area contributed by atoms with Crippen LogP contribution in [0.3, 0.4) is 0 Å². The highest BCUT2D eigenvalue weighted by atomic mass is 16.5. The van der Waals surface area contributed by atoms with Gasteiger partial charge in [0.2, 0.25) is 5.91 Å². The van der Waals surface area contributed by atoms with E-state index in [9.17, 15) is 29.9 Å². The van der Waals surface area contributed by atoms with Crippen molar-refractivity contribution in [2.75, 3.05) is 19.7 Å². The molecular formula is C16H21BN2O8. The number of amides is 1. The molecule has 11 heteroatoms. The molecule has 1 aliphatic carbocycles. The molecule has 1 saturated carbocycles. The summed E-state index contributed by atoms with van der Waals surface area (Å²) in [5.74, 6) is -3.05.